The van der Waals surface area contributed by atoms with Crippen molar-refractivity contribution in [1.29, 1.82) is 0 Å². The minimum atomic E-state index is 0.0597. The Morgan fingerprint density at radius 1 is 0.931 bits per heavy atom. The third-order valence-electron chi connectivity index (χ3n) is 5.57. The Labute approximate surface area is 169 Å². The number of fused-ring (bicyclic) bond motifs is 1. The molecule has 0 atom stereocenters. The van der Waals surface area contributed by atoms with E-state index in [-0.39, 0.29) is 5.69 Å². The molecule has 1 aliphatic carbocycles. The topological polar surface area (TPSA) is 62.2 Å². The van der Waals surface area contributed by atoms with E-state index in [0.29, 0.717) is 11.6 Å². The molecule has 5 heteroatoms. The van der Waals surface area contributed by atoms with Gasteiger partial charge in [0.15, 0.2) is 0 Å². The molecule has 3 aromatic carbocycles. The zero-order valence-electron chi connectivity index (χ0n) is 16.3. The van der Waals surface area contributed by atoms with Crippen LogP contribution in [0.1, 0.15) is 12.8 Å². The second-order valence-corrected chi connectivity index (χ2v) is 7.80. The van der Waals surface area contributed by atoms with Crippen molar-refractivity contribution in [1.82, 2.24) is 9.13 Å². The lowest BCUT2D eigenvalue weighted by molar-refractivity contribution is 0.483. The van der Waals surface area contributed by atoms with Gasteiger partial charge in [-0.3, -0.25) is 9.13 Å². The molecule has 146 valence electrons. The second kappa shape index (κ2) is 6.85. The summed E-state index contributed by atoms with van der Waals surface area (Å²) in [5, 5.41) is 0. The number of ether oxygens (including phenoxy) is 1. The standard InChI is InChI=1S/C24H23N3O2/c1-26-23-14-18(7-12-22(23)27(24(26)28)15-16-5-6-16)17-3-2-4-21(13-17)29-20-10-8-19(25)9-11-20/h2-4,7-14,16H,5-6,15,25H2,1H3. The molecule has 2 N–H and O–H groups in total. The molecule has 4 aromatic rings. The molecule has 1 aliphatic rings. The summed E-state index contributed by atoms with van der Waals surface area (Å²) in [7, 11) is 1.85. The van der Waals surface area contributed by atoms with Crippen LogP contribution >= 0.6 is 0 Å². The zero-order valence-corrected chi connectivity index (χ0v) is 16.3. The SMILES string of the molecule is Cn1c(=O)n(CC2CC2)c2ccc(-c3cccc(Oc4ccc(N)cc4)c3)cc21. The highest BCUT2D eigenvalue weighted by atomic mass is 16.5. The number of benzene rings is 3. The number of aryl methyl sites for hydroxylation is 1. The number of imidazole rings is 1. The van der Waals surface area contributed by atoms with Crippen LogP contribution in [0.5, 0.6) is 11.5 Å². The van der Waals surface area contributed by atoms with Crippen molar-refractivity contribution < 1.29 is 4.74 Å². The third-order valence-corrected chi connectivity index (χ3v) is 5.57. The minimum absolute atomic E-state index is 0.0597. The fourth-order valence-corrected chi connectivity index (χ4v) is 3.73. The van der Waals surface area contributed by atoms with Crippen LogP contribution < -0.4 is 16.2 Å². The molecule has 0 unspecified atom stereocenters. The van der Waals surface area contributed by atoms with Crippen molar-refractivity contribution in [2.24, 2.45) is 13.0 Å². The fraction of sp³-hybridized carbons (Fsp3) is 0.208. The number of nitrogens with two attached hydrogens (primary N) is 1. The van der Waals surface area contributed by atoms with Gasteiger partial charge in [0.25, 0.3) is 0 Å². The van der Waals surface area contributed by atoms with Crippen LogP contribution in [0.4, 0.5) is 5.69 Å². The van der Waals surface area contributed by atoms with E-state index in [0.717, 1.165) is 40.2 Å². The molecule has 0 spiro atoms. The van der Waals surface area contributed by atoms with Crippen molar-refractivity contribution in [2.45, 2.75) is 19.4 Å². The van der Waals surface area contributed by atoms with Crippen LogP contribution in [0.15, 0.2) is 71.5 Å². The monoisotopic (exact) mass is 385 g/mol. The maximum Gasteiger partial charge on any atom is 0.328 e. The third kappa shape index (κ3) is 3.40. The summed E-state index contributed by atoms with van der Waals surface area (Å²) in [6.07, 6.45) is 2.45. The lowest BCUT2D eigenvalue weighted by atomic mass is 10.0. The Kier molecular flexibility index (Phi) is 4.16. The van der Waals surface area contributed by atoms with Gasteiger partial charge in [0, 0.05) is 19.3 Å². The first-order chi connectivity index (χ1) is 14.1. The number of nitrogen functional groups attached to an aromatic ring is 1. The number of nitrogens with zero attached hydrogens (tertiary/aromatic N) is 2. The van der Waals surface area contributed by atoms with E-state index >= 15 is 0 Å². The van der Waals surface area contributed by atoms with Gasteiger partial charge in [-0.05, 0) is 78.4 Å². The van der Waals surface area contributed by atoms with Gasteiger partial charge >= 0.3 is 5.69 Å². The molecule has 0 radical (unpaired) electrons. The first kappa shape index (κ1) is 17.6. The summed E-state index contributed by atoms with van der Waals surface area (Å²) in [4.78, 5) is 12.7. The van der Waals surface area contributed by atoms with Gasteiger partial charge in [-0.1, -0.05) is 18.2 Å². The van der Waals surface area contributed by atoms with Gasteiger partial charge in [0.2, 0.25) is 0 Å². The van der Waals surface area contributed by atoms with E-state index < -0.39 is 0 Å². The van der Waals surface area contributed by atoms with Crippen molar-refractivity contribution in [3.63, 3.8) is 0 Å². The Morgan fingerprint density at radius 3 is 2.45 bits per heavy atom. The van der Waals surface area contributed by atoms with E-state index in [2.05, 4.69) is 24.3 Å². The normalized spacial score (nSPS) is 13.7. The number of aromatic nitrogens is 2. The van der Waals surface area contributed by atoms with Gasteiger partial charge in [0.05, 0.1) is 11.0 Å². The second-order valence-electron chi connectivity index (χ2n) is 7.80. The van der Waals surface area contributed by atoms with E-state index in [1.165, 1.54) is 12.8 Å². The highest BCUT2D eigenvalue weighted by Crippen LogP contribution is 2.33. The molecule has 5 rings (SSSR count). The Morgan fingerprint density at radius 2 is 1.69 bits per heavy atom. The molecule has 5 nitrogen and oxygen atoms in total. The van der Waals surface area contributed by atoms with Crippen LogP contribution in [0.25, 0.3) is 22.2 Å². The quantitative estimate of drug-likeness (QED) is 0.502. The molecule has 0 bridgehead atoms. The summed E-state index contributed by atoms with van der Waals surface area (Å²) in [5.74, 6) is 2.15. The molecular weight excluding hydrogens is 362 g/mol. The predicted octanol–water partition coefficient (Wildman–Crippen LogP) is 4.79. The molecular formula is C24H23N3O2. The zero-order chi connectivity index (χ0) is 20.0. The number of hydrogen-bond acceptors (Lipinski definition) is 3. The smallest absolute Gasteiger partial charge is 0.328 e. The highest BCUT2D eigenvalue weighted by Gasteiger charge is 2.24. The van der Waals surface area contributed by atoms with Gasteiger partial charge in [0.1, 0.15) is 11.5 Å². The van der Waals surface area contributed by atoms with Crippen LogP contribution in [0.3, 0.4) is 0 Å². The summed E-state index contributed by atoms with van der Waals surface area (Å²) in [5.41, 5.74) is 10.6. The summed E-state index contributed by atoms with van der Waals surface area (Å²) >= 11 is 0. The first-order valence-electron chi connectivity index (χ1n) is 9.91. The number of hydrogen-bond donors (Lipinski definition) is 1. The fourth-order valence-electron chi connectivity index (χ4n) is 3.73. The molecule has 1 heterocycles. The molecule has 29 heavy (non-hydrogen) atoms. The van der Waals surface area contributed by atoms with E-state index in [1.807, 2.05) is 54.1 Å². The molecule has 0 aliphatic heterocycles. The molecule has 1 saturated carbocycles. The van der Waals surface area contributed by atoms with E-state index in [4.69, 9.17) is 10.5 Å². The molecule has 0 saturated heterocycles. The van der Waals surface area contributed by atoms with Crippen LogP contribution in [0.2, 0.25) is 0 Å². The Balaban J connectivity index is 1.49. The van der Waals surface area contributed by atoms with Gasteiger partial charge in [-0.25, -0.2) is 4.79 Å². The minimum Gasteiger partial charge on any atom is -0.457 e. The summed E-state index contributed by atoms with van der Waals surface area (Å²) in [6, 6.07) is 21.5. The van der Waals surface area contributed by atoms with Crippen LogP contribution in [-0.2, 0) is 13.6 Å². The van der Waals surface area contributed by atoms with E-state index in [1.54, 1.807) is 4.57 Å². The highest BCUT2D eigenvalue weighted by molar-refractivity contribution is 5.83. The Bertz CT molecular complexity index is 1250. The largest absolute Gasteiger partial charge is 0.457 e. The van der Waals surface area contributed by atoms with Crippen molar-refractivity contribution in [3.05, 3.63) is 77.2 Å². The lowest BCUT2D eigenvalue weighted by Crippen LogP contribution is -2.22. The van der Waals surface area contributed by atoms with Crippen LogP contribution in [-0.4, -0.2) is 9.13 Å². The van der Waals surface area contributed by atoms with E-state index in [9.17, 15) is 4.79 Å². The Hall–Kier alpha value is -3.47. The average molecular weight is 385 g/mol. The van der Waals surface area contributed by atoms with Gasteiger partial charge < -0.3 is 10.5 Å². The maximum atomic E-state index is 12.7. The molecule has 1 aromatic heterocycles. The van der Waals surface area contributed by atoms with Crippen molar-refractivity contribution >= 4 is 16.7 Å². The number of anilines is 1. The maximum absolute atomic E-state index is 12.7. The summed E-state index contributed by atoms with van der Waals surface area (Å²) in [6.45, 7) is 0.820. The summed E-state index contributed by atoms with van der Waals surface area (Å²) < 4.78 is 9.63. The first-order valence-corrected chi connectivity index (χ1v) is 9.91. The van der Waals surface area contributed by atoms with Crippen molar-refractivity contribution in [3.8, 4) is 22.6 Å². The van der Waals surface area contributed by atoms with Crippen LogP contribution in [0, 0.1) is 5.92 Å². The van der Waals surface area contributed by atoms with Gasteiger partial charge in [-0.15, -0.1) is 0 Å². The predicted molar refractivity (Wildman–Crippen MR) is 116 cm³/mol. The molecule has 0 amide bonds. The lowest BCUT2D eigenvalue weighted by Gasteiger charge is -2.09. The average Bonchev–Trinajstić information content (AvgIpc) is 3.53. The van der Waals surface area contributed by atoms with Gasteiger partial charge in [-0.2, -0.15) is 0 Å². The van der Waals surface area contributed by atoms with Crippen molar-refractivity contribution in [2.75, 3.05) is 5.73 Å². The number of rotatable bonds is 5. The molecule has 1 fully saturated rings.